The van der Waals surface area contributed by atoms with Gasteiger partial charge < -0.3 is 5.32 Å². The molecule has 2 atom stereocenters. The maximum Gasteiger partial charge on any atom is 0.237 e. The van der Waals surface area contributed by atoms with Crippen molar-refractivity contribution in [2.45, 2.75) is 51.7 Å². The lowest BCUT2D eigenvalue weighted by atomic mass is 10.1. The minimum Gasteiger partial charge on any atom is -0.352 e. The van der Waals surface area contributed by atoms with E-state index in [2.05, 4.69) is 48.7 Å². The van der Waals surface area contributed by atoms with Gasteiger partial charge in [-0.05, 0) is 39.2 Å². The lowest BCUT2D eigenvalue weighted by Gasteiger charge is -2.20. The molecule has 0 spiro atoms. The van der Waals surface area contributed by atoms with Crippen LogP contribution in [0.25, 0.3) is 0 Å². The SMILES string of the molecule is Cc1ccc([C@@H](C)NC(C)C(=O)NC2CC2)cc1. The molecule has 0 saturated heterocycles. The van der Waals surface area contributed by atoms with Gasteiger partial charge in [0.2, 0.25) is 5.91 Å². The number of aryl methyl sites for hydroxylation is 1. The summed E-state index contributed by atoms with van der Waals surface area (Å²) in [5.74, 6) is 0.108. The van der Waals surface area contributed by atoms with E-state index in [4.69, 9.17) is 0 Å². The summed E-state index contributed by atoms with van der Waals surface area (Å²) in [7, 11) is 0. The molecule has 1 fully saturated rings. The van der Waals surface area contributed by atoms with Crippen molar-refractivity contribution in [3.63, 3.8) is 0 Å². The Balaban J connectivity index is 1.87. The van der Waals surface area contributed by atoms with Gasteiger partial charge in [-0.2, -0.15) is 0 Å². The first kappa shape index (κ1) is 13.1. The quantitative estimate of drug-likeness (QED) is 0.837. The lowest BCUT2D eigenvalue weighted by molar-refractivity contribution is -0.123. The van der Waals surface area contributed by atoms with Crippen LogP contribution in [0, 0.1) is 6.92 Å². The zero-order chi connectivity index (χ0) is 13.1. The molecule has 0 aromatic heterocycles. The van der Waals surface area contributed by atoms with Crippen LogP contribution in [0.5, 0.6) is 0 Å². The second-order valence-corrected chi connectivity index (χ2v) is 5.30. The molecule has 18 heavy (non-hydrogen) atoms. The summed E-state index contributed by atoms with van der Waals surface area (Å²) in [4.78, 5) is 11.8. The predicted molar refractivity (Wildman–Crippen MR) is 73.4 cm³/mol. The fraction of sp³-hybridized carbons (Fsp3) is 0.533. The molecule has 1 saturated carbocycles. The number of carbonyl (C=O) groups is 1. The molecular formula is C15H22N2O. The van der Waals surface area contributed by atoms with Crippen molar-refractivity contribution in [3.8, 4) is 0 Å². The Bertz CT molecular complexity index is 409. The van der Waals surface area contributed by atoms with E-state index in [1.165, 1.54) is 11.1 Å². The zero-order valence-corrected chi connectivity index (χ0v) is 11.4. The predicted octanol–water partition coefficient (Wildman–Crippen LogP) is 2.31. The van der Waals surface area contributed by atoms with Gasteiger partial charge in [-0.3, -0.25) is 10.1 Å². The summed E-state index contributed by atoms with van der Waals surface area (Å²) >= 11 is 0. The molecule has 0 bridgehead atoms. The molecule has 1 unspecified atom stereocenters. The first-order valence-electron chi connectivity index (χ1n) is 6.69. The van der Waals surface area contributed by atoms with E-state index >= 15 is 0 Å². The summed E-state index contributed by atoms with van der Waals surface area (Å²) in [6.07, 6.45) is 2.26. The molecule has 1 aromatic rings. The lowest BCUT2D eigenvalue weighted by Crippen LogP contribution is -2.43. The van der Waals surface area contributed by atoms with Gasteiger partial charge in [0.1, 0.15) is 0 Å². The van der Waals surface area contributed by atoms with E-state index in [0.717, 1.165) is 12.8 Å². The van der Waals surface area contributed by atoms with Crippen molar-refractivity contribution in [1.29, 1.82) is 0 Å². The van der Waals surface area contributed by atoms with Crippen molar-refractivity contribution in [2.24, 2.45) is 0 Å². The van der Waals surface area contributed by atoms with Gasteiger partial charge in [0.25, 0.3) is 0 Å². The summed E-state index contributed by atoms with van der Waals surface area (Å²) in [6.45, 7) is 6.08. The van der Waals surface area contributed by atoms with Gasteiger partial charge in [0.05, 0.1) is 6.04 Å². The highest BCUT2D eigenvalue weighted by Crippen LogP contribution is 2.19. The van der Waals surface area contributed by atoms with Crippen molar-refractivity contribution in [2.75, 3.05) is 0 Å². The summed E-state index contributed by atoms with van der Waals surface area (Å²) in [5, 5.41) is 6.35. The Morgan fingerprint density at radius 2 is 1.83 bits per heavy atom. The molecule has 1 aromatic carbocycles. The van der Waals surface area contributed by atoms with E-state index < -0.39 is 0 Å². The van der Waals surface area contributed by atoms with Crippen molar-refractivity contribution in [1.82, 2.24) is 10.6 Å². The van der Waals surface area contributed by atoms with Crippen molar-refractivity contribution < 1.29 is 4.79 Å². The highest BCUT2D eigenvalue weighted by Gasteiger charge is 2.26. The molecule has 2 rings (SSSR count). The molecule has 98 valence electrons. The van der Waals surface area contributed by atoms with E-state index in [9.17, 15) is 4.79 Å². The Morgan fingerprint density at radius 1 is 1.22 bits per heavy atom. The fourth-order valence-corrected chi connectivity index (χ4v) is 1.96. The third-order valence-electron chi connectivity index (χ3n) is 3.39. The topological polar surface area (TPSA) is 41.1 Å². The minimum atomic E-state index is -0.151. The molecule has 0 heterocycles. The van der Waals surface area contributed by atoms with Gasteiger partial charge in [-0.25, -0.2) is 0 Å². The van der Waals surface area contributed by atoms with E-state index in [-0.39, 0.29) is 18.0 Å². The maximum absolute atomic E-state index is 11.8. The molecule has 0 aliphatic heterocycles. The molecule has 2 N–H and O–H groups in total. The second kappa shape index (κ2) is 5.53. The number of nitrogens with one attached hydrogen (secondary N) is 2. The minimum absolute atomic E-state index is 0.108. The highest BCUT2D eigenvalue weighted by molar-refractivity contribution is 5.81. The van der Waals surface area contributed by atoms with Gasteiger partial charge in [-0.15, -0.1) is 0 Å². The molecule has 1 amide bonds. The number of hydrogen-bond donors (Lipinski definition) is 2. The number of rotatable bonds is 5. The fourth-order valence-electron chi connectivity index (χ4n) is 1.96. The summed E-state index contributed by atoms with van der Waals surface area (Å²) in [5.41, 5.74) is 2.47. The van der Waals surface area contributed by atoms with E-state index in [1.54, 1.807) is 0 Å². The molecule has 0 radical (unpaired) electrons. The Kier molecular flexibility index (Phi) is 4.02. The Morgan fingerprint density at radius 3 is 2.39 bits per heavy atom. The molecule has 3 heteroatoms. The Hall–Kier alpha value is -1.35. The first-order chi connectivity index (χ1) is 8.56. The molecular weight excluding hydrogens is 224 g/mol. The third-order valence-corrected chi connectivity index (χ3v) is 3.39. The standard InChI is InChI=1S/C15H22N2O/c1-10-4-6-13(7-5-10)11(2)16-12(3)15(18)17-14-8-9-14/h4-7,11-12,14,16H,8-9H2,1-3H3,(H,17,18)/t11-,12?/m1/s1. The van der Waals surface area contributed by atoms with Gasteiger partial charge in [0.15, 0.2) is 0 Å². The first-order valence-corrected chi connectivity index (χ1v) is 6.69. The van der Waals surface area contributed by atoms with Crippen LogP contribution < -0.4 is 10.6 Å². The number of amides is 1. The summed E-state index contributed by atoms with van der Waals surface area (Å²) in [6, 6.07) is 8.88. The van der Waals surface area contributed by atoms with Crippen molar-refractivity contribution >= 4 is 5.91 Å². The smallest absolute Gasteiger partial charge is 0.237 e. The van der Waals surface area contributed by atoms with Crippen LogP contribution >= 0.6 is 0 Å². The zero-order valence-electron chi connectivity index (χ0n) is 11.4. The van der Waals surface area contributed by atoms with Crippen LogP contribution in [0.15, 0.2) is 24.3 Å². The molecule has 1 aliphatic carbocycles. The number of hydrogen-bond acceptors (Lipinski definition) is 2. The van der Waals surface area contributed by atoms with Crippen molar-refractivity contribution in [3.05, 3.63) is 35.4 Å². The summed E-state index contributed by atoms with van der Waals surface area (Å²) < 4.78 is 0. The normalized spacial score (nSPS) is 18.2. The largest absolute Gasteiger partial charge is 0.352 e. The van der Waals surface area contributed by atoms with E-state index in [1.807, 2.05) is 6.92 Å². The highest BCUT2D eigenvalue weighted by atomic mass is 16.2. The average Bonchev–Trinajstić information content (AvgIpc) is 3.13. The van der Waals surface area contributed by atoms with Gasteiger partial charge in [0, 0.05) is 12.1 Å². The van der Waals surface area contributed by atoms with Crippen LogP contribution in [-0.4, -0.2) is 18.0 Å². The Labute approximate surface area is 109 Å². The van der Waals surface area contributed by atoms with E-state index in [0.29, 0.717) is 6.04 Å². The number of carbonyl (C=O) groups excluding carboxylic acids is 1. The van der Waals surface area contributed by atoms with Crippen LogP contribution in [-0.2, 0) is 4.79 Å². The number of benzene rings is 1. The maximum atomic E-state index is 11.8. The second-order valence-electron chi connectivity index (χ2n) is 5.30. The van der Waals surface area contributed by atoms with Gasteiger partial charge in [-0.1, -0.05) is 29.8 Å². The monoisotopic (exact) mass is 246 g/mol. The van der Waals surface area contributed by atoms with Crippen LogP contribution in [0.3, 0.4) is 0 Å². The average molecular weight is 246 g/mol. The molecule has 3 nitrogen and oxygen atoms in total. The van der Waals surface area contributed by atoms with Crippen LogP contribution in [0.2, 0.25) is 0 Å². The van der Waals surface area contributed by atoms with Crippen LogP contribution in [0.1, 0.15) is 43.9 Å². The third kappa shape index (κ3) is 3.57. The molecule has 1 aliphatic rings. The van der Waals surface area contributed by atoms with Gasteiger partial charge >= 0.3 is 0 Å². The van der Waals surface area contributed by atoms with Crippen LogP contribution in [0.4, 0.5) is 0 Å².